The molecule has 112 valence electrons. The first-order chi connectivity index (χ1) is 9.60. The monoisotopic (exact) mass is 294 g/mol. The number of nitrogens with zero attached hydrogens (tertiary/aromatic N) is 1. The molecule has 0 saturated heterocycles. The van der Waals surface area contributed by atoms with Crippen LogP contribution in [0.5, 0.6) is 0 Å². The zero-order chi connectivity index (χ0) is 14.5. The smallest absolute Gasteiger partial charge is 0.0471 e. The predicted octanol–water partition coefficient (Wildman–Crippen LogP) is 4.32. The molecule has 1 fully saturated rings. The molecule has 0 amide bonds. The van der Waals surface area contributed by atoms with Crippen LogP contribution in [0.2, 0.25) is 5.02 Å². The van der Waals surface area contributed by atoms with E-state index in [9.17, 15) is 0 Å². The standard InChI is InChI=1S/C17H27ClN2/c1-4-20(12-14-5-6-14)16-8-7-15(17(18)9-16)11-19-10-13(2)3/h7-9,13-14,19H,4-6,10-12H2,1-3H3. The van der Waals surface area contributed by atoms with Crippen molar-refractivity contribution in [3.8, 4) is 0 Å². The van der Waals surface area contributed by atoms with Crippen LogP contribution >= 0.6 is 11.6 Å². The van der Waals surface area contributed by atoms with Crippen molar-refractivity contribution in [2.45, 2.75) is 40.2 Å². The van der Waals surface area contributed by atoms with E-state index in [4.69, 9.17) is 11.6 Å². The number of hydrogen-bond donors (Lipinski definition) is 1. The van der Waals surface area contributed by atoms with Gasteiger partial charge in [-0.1, -0.05) is 31.5 Å². The van der Waals surface area contributed by atoms with Crippen molar-refractivity contribution < 1.29 is 0 Å². The van der Waals surface area contributed by atoms with Crippen LogP contribution in [0.4, 0.5) is 5.69 Å². The van der Waals surface area contributed by atoms with Crippen molar-refractivity contribution >= 4 is 17.3 Å². The molecule has 0 atom stereocenters. The Morgan fingerprint density at radius 3 is 2.65 bits per heavy atom. The van der Waals surface area contributed by atoms with Gasteiger partial charge in [0.1, 0.15) is 0 Å². The highest BCUT2D eigenvalue weighted by molar-refractivity contribution is 6.31. The van der Waals surface area contributed by atoms with Crippen LogP contribution in [0.25, 0.3) is 0 Å². The van der Waals surface area contributed by atoms with Gasteiger partial charge in [0.15, 0.2) is 0 Å². The zero-order valence-corrected chi connectivity index (χ0v) is 13.7. The summed E-state index contributed by atoms with van der Waals surface area (Å²) in [4.78, 5) is 2.44. The normalized spacial score (nSPS) is 14.8. The topological polar surface area (TPSA) is 15.3 Å². The number of hydrogen-bond acceptors (Lipinski definition) is 2. The maximum atomic E-state index is 6.43. The van der Waals surface area contributed by atoms with E-state index in [0.717, 1.165) is 30.6 Å². The maximum absolute atomic E-state index is 6.43. The largest absolute Gasteiger partial charge is 0.371 e. The average Bonchev–Trinajstić information content (AvgIpc) is 3.21. The molecule has 0 radical (unpaired) electrons. The van der Waals surface area contributed by atoms with Crippen LogP contribution in [-0.4, -0.2) is 19.6 Å². The van der Waals surface area contributed by atoms with Crippen LogP contribution < -0.4 is 10.2 Å². The SMILES string of the molecule is CCN(CC1CC1)c1ccc(CNCC(C)C)c(Cl)c1. The van der Waals surface area contributed by atoms with Crippen LogP contribution in [0.1, 0.15) is 39.2 Å². The highest BCUT2D eigenvalue weighted by atomic mass is 35.5. The molecule has 0 bridgehead atoms. The van der Waals surface area contributed by atoms with Gasteiger partial charge in [0.25, 0.3) is 0 Å². The Bertz CT molecular complexity index is 427. The molecule has 0 aromatic heterocycles. The fourth-order valence-corrected chi connectivity index (χ4v) is 2.64. The van der Waals surface area contributed by atoms with Crippen molar-refractivity contribution in [2.24, 2.45) is 11.8 Å². The quantitative estimate of drug-likeness (QED) is 0.768. The molecule has 0 unspecified atom stereocenters. The number of rotatable bonds is 8. The van der Waals surface area contributed by atoms with E-state index in [0.29, 0.717) is 5.92 Å². The van der Waals surface area contributed by atoms with Crippen LogP contribution in [0.3, 0.4) is 0 Å². The molecule has 1 N–H and O–H groups in total. The Morgan fingerprint density at radius 2 is 2.10 bits per heavy atom. The summed E-state index contributed by atoms with van der Waals surface area (Å²) in [5.41, 5.74) is 2.45. The van der Waals surface area contributed by atoms with Crippen molar-refractivity contribution in [1.29, 1.82) is 0 Å². The van der Waals surface area contributed by atoms with E-state index in [1.165, 1.54) is 30.6 Å². The summed E-state index contributed by atoms with van der Waals surface area (Å²) in [7, 11) is 0. The molecule has 0 aliphatic heterocycles. The van der Waals surface area contributed by atoms with Gasteiger partial charge in [-0.25, -0.2) is 0 Å². The van der Waals surface area contributed by atoms with Crippen molar-refractivity contribution in [2.75, 3.05) is 24.5 Å². The zero-order valence-electron chi connectivity index (χ0n) is 13.0. The Morgan fingerprint density at radius 1 is 1.35 bits per heavy atom. The molecule has 0 spiro atoms. The lowest BCUT2D eigenvalue weighted by atomic mass is 10.1. The van der Waals surface area contributed by atoms with Gasteiger partial charge < -0.3 is 10.2 Å². The first-order valence-electron chi connectivity index (χ1n) is 7.84. The second-order valence-corrected chi connectivity index (χ2v) is 6.69. The summed E-state index contributed by atoms with van der Waals surface area (Å²) < 4.78 is 0. The molecule has 1 saturated carbocycles. The fourth-order valence-electron chi connectivity index (χ4n) is 2.40. The molecule has 1 aliphatic rings. The van der Waals surface area contributed by atoms with E-state index >= 15 is 0 Å². The van der Waals surface area contributed by atoms with E-state index < -0.39 is 0 Å². The van der Waals surface area contributed by atoms with Gasteiger partial charge in [-0.2, -0.15) is 0 Å². The molecule has 1 aliphatic carbocycles. The summed E-state index contributed by atoms with van der Waals surface area (Å²) in [6, 6.07) is 6.50. The molecule has 3 heteroatoms. The summed E-state index contributed by atoms with van der Waals surface area (Å²) >= 11 is 6.43. The highest BCUT2D eigenvalue weighted by Gasteiger charge is 2.24. The van der Waals surface area contributed by atoms with Crippen molar-refractivity contribution in [1.82, 2.24) is 5.32 Å². The van der Waals surface area contributed by atoms with Gasteiger partial charge in [-0.05, 0) is 55.8 Å². The van der Waals surface area contributed by atoms with Gasteiger partial charge in [0.05, 0.1) is 0 Å². The van der Waals surface area contributed by atoms with E-state index in [1.54, 1.807) is 0 Å². The minimum absolute atomic E-state index is 0.669. The molecule has 2 rings (SSSR count). The van der Waals surface area contributed by atoms with Gasteiger partial charge in [0.2, 0.25) is 0 Å². The number of nitrogens with one attached hydrogen (secondary N) is 1. The minimum Gasteiger partial charge on any atom is -0.371 e. The third-order valence-electron chi connectivity index (χ3n) is 3.83. The van der Waals surface area contributed by atoms with Crippen molar-refractivity contribution in [3.63, 3.8) is 0 Å². The highest BCUT2D eigenvalue weighted by Crippen LogP contribution is 2.32. The molecule has 2 nitrogen and oxygen atoms in total. The molecular formula is C17H27ClN2. The second kappa shape index (κ2) is 7.33. The summed E-state index contributed by atoms with van der Waals surface area (Å²) in [6.45, 7) is 10.8. The van der Waals surface area contributed by atoms with Gasteiger partial charge >= 0.3 is 0 Å². The molecule has 0 heterocycles. The van der Waals surface area contributed by atoms with E-state index in [1.807, 2.05) is 0 Å². The Kier molecular flexibility index (Phi) is 5.74. The average molecular weight is 295 g/mol. The Balaban J connectivity index is 1.96. The Labute approximate surface area is 128 Å². The molecule has 1 aromatic rings. The summed E-state index contributed by atoms with van der Waals surface area (Å²) in [5.74, 6) is 1.57. The Hall–Kier alpha value is -0.730. The van der Waals surface area contributed by atoms with Crippen LogP contribution in [0, 0.1) is 11.8 Å². The molecule has 1 aromatic carbocycles. The van der Waals surface area contributed by atoms with E-state index in [2.05, 4.69) is 49.2 Å². The third kappa shape index (κ3) is 4.68. The van der Waals surface area contributed by atoms with Crippen LogP contribution in [0.15, 0.2) is 18.2 Å². The first-order valence-corrected chi connectivity index (χ1v) is 8.22. The second-order valence-electron chi connectivity index (χ2n) is 6.28. The maximum Gasteiger partial charge on any atom is 0.0471 e. The number of benzene rings is 1. The molecular weight excluding hydrogens is 268 g/mol. The lowest BCUT2D eigenvalue weighted by Gasteiger charge is -2.23. The number of anilines is 1. The lowest BCUT2D eigenvalue weighted by Crippen LogP contribution is -2.25. The fraction of sp³-hybridized carbons (Fsp3) is 0.647. The van der Waals surface area contributed by atoms with Gasteiger partial charge in [-0.3, -0.25) is 0 Å². The lowest BCUT2D eigenvalue weighted by molar-refractivity contribution is 0.552. The minimum atomic E-state index is 0.669. The summed E-state index contributed by atoms with van der Waals surface area (Å²) in [6.07, 6.45) is 2.78. The molecule has 20 heavy (non-hydrogen) atoms. The van der Waals surface area contributed by atoms with Gasteiger partial charge in [0, 0.05) is 30.3 Å². The van der Waals surface area contributed by atoms with Crippen LogP contribution in [-0.2, 0) is 6.54 Å². The number of halogens is 1. The summed E-state index contributed by atoms with van der Waals surface area (Å²) in [5, 5.41) is 4.33. The third-order valence-corrected chi connectivity index (χ3v) is 4.18. The first kappa shape index (κ1) is 15.7. The predicted molar refractivity (Wildman–Crippen MR) is 88.6 cm³/mol. The van der Waals surface area contributed by atoms with Gasteiger partial charge in [-0.15, -0.1) is 0 Å². The van der Waals surface area contributed by atoms with E-state index in [-0.39, 0.29) is 0 Å². The van der Waals surface area contributed by atoms with Crippen molar-refractivity contribution in [3.05, 3.63) is 28.8 Å².